The molecule has 5 nitrogen and oxygen atoms in total. The Morgan fingerprint density at radius 1 is 1.43 bits per heavy atom. The molecule has 0 saturated carbocycles. The zero-order valence-electron chi connectivity index (χ0n) is 12.7. The highest BCUT2D eigenvalue weighted by molar-refractivity contribution is 5.85. The van der Waals surface area contributed by atoms with Gasteiger partial charge in [-0.25, -0.2) is 4.98 Å². The normalized spacial score (nSPS) is 21.2. The summed E-state index contributed by atoms with van der Waals surface area (Å²) in [6, 6.07) is 2.12. The number of likely N-dealkylation sites (N-methyl/N-ethyl adjacent to an activating group) is 1. The van der Waals surface area contributed by atoms with Crippen molar-refractivity contribution < 1.29 is 4.79 Å². The highest BCUT2D eigenvalue weighted by Gasteiger charge is 2.32. The first kappa shape index (κ1) is 14.3. The van der Waals surface area contributed by atoms with E-state index in [4.69, 9.17) is 10.7 Å². The third-order valence-electron chi connectivity index (χ3n) is 4.65. The minimum atomic E-state index is -0.102. The quantitative estimate of drug-likeness (QED) is 0.875. The predicted octanol–water partition coefficient (Wildman–Crippen LogP) is 1.13. The van der Waals surface area contributed by atoms with Gasteiger partial charge in [-0.2, -0.15) is 0 Å². The minimum absolute atomic E-state index is 0.0787. The number of hydrogen-bond acceptors (Lipinski definition) is 4. The van der Waals surface area contributed by atoms with Gasteiger partial charge in [-0.15, -0.1) is 0 Å². The maximum absolute atomic E-state index is 12.1. The molecule has 0 radical (unpaired) electrons. The minimum Gasteiger partial charge on any atom is -0.357 e. The number of rotatable bonds is 3. The molecule has 21 heavy (non-hydrogen) atoms. The van der Waals surface area contributed by atoms with E-state index in [1.54, 1.807) is 7.05 Å². The summed E-state index contributed by atoms with van der Waals surface area (Å²) in [4.78, 5) is 19.1. The topological polar surface area (TPSA) is 71.2 Å². The number of amides is 1. The van der Waals surface area contributed by atoms with Crippen molar-refractivity contribution in [3.63, 3.8) is 0 Å². The van der Waals surface area contributed by atoms with Crippen LogP contribution in [0.2, 0.25) is 0 Å². The van der Waals surface area contributed by atoms with Gasteiger partial charge in [0.25, 0.3) is 0 Å². The summed E-state index contributed by atoms with van der Waals surface area (Å²) in [6.45, 7) is 1.36. The Hall–Kier alpha value is -1.62. The maximum atomic E-state index is 12.1. The van der Waals surface area contributed by atoms with Crippen molar-refractivity contribution in [2.45, 2.75) is 51.1 Å². The zero-order chi connectivity index (χ0) is 14.8. The number of hydrogen-bond donors (Lipinski definition) is 2. The lowest BCUT2D eigenvalue weighted by Gasteiger charge is -2.28. The third-order valence-corrected chi connectivity index (χ3v) is 4.65. The van der Waals surface area contributed by atoms with Crippen LogP contribution in [0.1, 0.15) is 42.5 Å². The van der Waals surface area contributed by atoms with Crippen LogP contribution in [0.3, 0.4) is 0 Å². The van der Waals surface area contributed by atoms with Gasteiger partial charge in [-0.05, 0) is 50.2 Å². The molecule has 1 aliphatic heterocycles. The lowest BCUT2D eigenvalue weighted by molar-refractivity contribution is -0.121. The number of carbonyl (C=O) groups excluding carboxylic acids is 1. The largest absolute Gasteiger partial charge is 0.357 e. The van der Waals surface area contributed by atoms with Gasteiger partial charge in [-0.1, -0.05) is 0 Å². The van der Waals surface area contributed by atoms with Gasteiger partial charge >= 0.3 is 0 Å². The van der Waals surface area contributed by atoms with Crippen molar-refractivity contribution in [1.82, 2.24) is 10.3 Å². The molecule has 0 aromatic carbocycles. The number of fused-ring (bicyclic) bond motifs is 1. The molecule has 1 atom stereocenters. The van der Waals surface area contributed by atoms with Crippen LogP contribution < -0.4 is 16.0 Å². The van der Waals surface area contributed by atoms with E-state index in [1.807, 2.05) is 0 Å². The Balaban J connectivity index is 1.98. The van der Waals surface area contributed by atoms with Gasteiger partial charge in [-0.3, -0.25) is 4.79 Å². The molecule has 1 unspecified atom stereocenters. The number of anilines is 1. The number of aromatic nitrogens is 1. The summed E-state index contributed by atoms with van der Waals surface area (Å²) in [6.07, 6.45) is 6.52. The predicted molar refractivity (Wildman–Crippen MR) is 83.2 cm³/mol. The molecule has 1 aromatic rings. The molecule has 3 rings (SSSR count). The molecule has 0 spiro atoms. The lowest BCUT2D eigenvalue weighted by Crippen LogP contribution is -2.43. The van der Waals surface area contributed by atoms with Crippen molar-refractivity contribution in [2.75, 3.05) is 18.5 Å². The van der Waals surface area contributed by atoms with Crippen LogP contribution in [0.25, 0.3) is 0 Å². The second kappa shape index (κ2) is 6.02. The fourth-order valence-corrected chi connectivity index (χ4v) is 3.53. The molecular formula is C16H24N4O. The summed E-state index contributed by atoms with van der Waals surface area (Å²) < 4.78 is 0. The third kappa shape index (κ3) is 2.62. The SMILES string of the molecule is CNC(=O)C1CCCN1c1nc2c(cc1CN)CCCC2. The average molecular weight is 288 g/mol. The van der Waals surface area contributed by atoms with Gasteiger partial charge in [0.05, 0.1) is 0 Å². The molecule has 1 fully saturated rings. The first-order valence-electron chi connectivity index (χ1n) is 7.94. The Labute approximate surface area is 125 Å². The van der Waals surface area contributed by atoms with Gasteiger partial charge in [0.2, 0.25) is 5.91 Å². The fourth-order valence-electron chi connectivity index (χ4n) is 3.53. The van der Waals surface area contributed by atoms with Crippen molar-refractivity contribution >= 4 is 11.7 Å². The standard InChI is InChI=1S/C16H24N4O/c1-18-16(21)14-7-4-8-20(14)15-12(10-17)9-11-5-2-3-6-13(11)19-15/h9,14H,2-8,10,17H2,1H3,(H,18,21). The molecule has 2 aliphatic rings. The molecule has 3 N–H and O–H groups in total. The van der Waals surface area contributed by atoms with E-state index in [2.05, 4.69) is 16.3 Å². The molecule has 5 heteroatoms. The van der Waals surface area contributed by atoms with Crippen LogP contribution in [0.15, 0.2) is 6.07 Å². The van der Waals surface area contributed by atoms with E-state index in [0.717, 1.165) is 43.6 Å². The van der Waals surface area contributed by atoms with Crippen LogP contribution in [-0.2, 0) is 24.2 Å². The Morgan fingerprint density at radius 2 is 2.24 bits per heavy atom. The van der Waals surface area contributed by atoms with E-state index in [-0.39, 0.29) is 11.9 Å². The molecule has 114 valence electrons. The van der Waals surface area contributed by atoms with Crippen molar-refractivity contribution in [1.29, 1.82) is 0 Å². The number of aryl methyl sites for hydroxylation is 2. The summed E-state index contributed by atoms with van der Waals surface area (Å²) in [7, 11) is 1.70. The van der Waals surface area contributed by atoms with E-state index in [1.165, 1.54) is 24.1 Å². The second-order valence-corrected chi connectivity index (χ2v) is 5.95. The van der Waals surface area contributed by atoms with Gasteiger partial charge in [0.1, 0.15) is 11.9 Å². The zero-order valence-corrected chi connectivity index (χ0v) is 12.7. The van der Waals surface area contributed by atoms with E-state index < -0.39 is 0 Å². The number of nitrogens with zero attached hydrogens (tertiary/aromatic N) is 2. The smallest absolute Gasteiger partial charge is 0.242 e. The number of nitrogens with one attached hydrogen (secondary N) is 1. The van der Waals surface area contributed by atoms with E-state index >= 15 is 0 Å². The van der Waals surface area contributed by atoms with E-state index in [9.17, 15) is 4.79 Å². The molecule has 1 amide bonds. The van der Waals surface area contributed by atoms with Crippen molar-refractivity contribution in [3.05, 3.63) is 22.9 Å². The number of carbonyl (C=O) groups is 1. The molecular weight excluding hydrogens is 264 g/mol. The summed E-state index contributed by atoms with van der Waals surface area (Å²) in [5.41, 5.74) is 9.57. The number of pyridine rings is 1. The van der Waals surface area contributed by atoms with Crippen LogP contribution in [0.5, 0.6) is 0 Å². The van der Waals surface area contributed by atoms with Crippen LogP contribution in [0.4, 0.5) is 5.82 Å². The van der Waals surface area contributed by atoms with Crippen LogP contribution in [-0.4, -0.2) is 30.5 Å². The highest BCUT2D eigenvalue weighted by Crippen LogP contribution is 2.31. The Morgan fingerprint density at radius 3 is 3.00 bits per heavy atom. The molecule has 2 heterocycles. The van der Waals surface area contributed by atoms with Crippen molar-refractivity contribution in [2.24, 2.45) is 5.73 Å². The van der Waals surface area contributed by atoms with Gasteiger partial charge in [0, 0.05) is 31.4 Å². The van der Waals surface area contributed by atoms with Gasteiger partial charge in [0.15, 0.2) is 0 Å². The monoisotopic (exact) mass is 288 g/mol. The second-order valence-electron chi connectivity index (χ2n) is 5.95. The average Bonchev–Trinajstić information content (AvgIpc) is 3.02. The molecule has 0 bridgehead atoms. The Bertz CT molecular complexity index is 543. The van der Waals surface area contributed by atoms with Crippen molar-refractivity contribution in [3.8, 4) is 0 Å². The van der Waals surface area contributed by atoms with Gasteiger partial charge < -0.3 is 16.0 Å². The Kier molecular flexibility index (Phi) is 4.10. The highest BCUT2D eigenvalue weighted by atomic mass is 16.2. The van der Waals surface area contributed by atoms with E-state index in [0.29, 0.717) is 6.54 Å². The molecule has 1 aromatic heterocycles. The maximum Gasteiger partial charge on any atom is 0.242 e. The van der Waals surface area contributed by atoms with Crippen LogP contribution >= 0.6 is 0 Å². The molecule has 1 aliphatic carbocycles. The lowest BCUT2D eigenvalue weighted by atomic mass is 9.94. The molecule has 1 saturated heterocycles. The first-order chi connectivity index (χ1) is 10.2. The fraction of sp³-hybridized carbons (Fsp3) is 0.625. The van der Waals surface area contributed by atoms with Crippen LogP contribution in [0, 0.1) is 0 Å². The summed E-state index contributed by atoms with van der Waals surface area (Å²) >= 11 is 0. The first-order valence-corrected chi connectivity index (χ1v) is 7.94. The summed E-state index contributed by atoms with van der Waals surface area (Å²) in [5.74, 6) is 1.01. The summed E-state index contributed by atoms with van der Waals surface area (Å²) in [5, 5.41) is 2.77. The number of nitrogens with two attached hydrogens (primary N) is 1.